The second kappa shape index (κ2) is 16.1. The predicted octanol–water partition coefficient (Wildman–Crippen LogP) is 2.62. The van der Waals surface area contributed by atoms with Gasteiger partial charge in [-0.05, 0) is 60.5 Å². The molecule has 1 aromatic heterocycles. The fraction of sp³-hybridized carbons (Fsp3) is 0.667. The molecule has 50 heavy (non-hydrogen) atoms. The highest BCUT2D eigenvalue weighted by Gasteiger charge is 2.48. The van der Waals surface area contributed by atoms with E-state index in [1.807, 2.05) is 13.8 Å². The van der Waals surface area contributed by atoms with Crippen LogP contribution in [-0.2, 0) is 34.0 Å². The topological polar surface area (TPSA) is 184 Å². The first-order valence-electron chi connectivity index (χ1n) is 17.8. The number of rotatable bonds is 15. The SMILES string of the molecule is C=CCNC(=O)C(=O)C(CC1CC1)NC(=O)[C@@H]1[C@@H](C)CCN1C(=O)[C@@H](NC(=O)[C@@H](NS(=O)(=O)c1ccccn1)C1(C)CCCCC1)C(C)(C)C. The molecule has 14 heteroatoms. The molecule has 0 aromatic carbocycles. The van der Waals surface area contributed by atoms with Crippen LogP contribution in [0.4, 0.5) is 0 Å². The van der Waals surface area contributed by atoms with Gasteiger partial charge in [0.05, 0.1) is 6.04 Å². The van der Waals surface area contributed by atoms with E-state index in [1.165, 1.54) is 23.2 Å². The molecule has 4 N–H and O–H groups in total. The van der Waals surface area contributed by atoms with Gasteiger partial charge >= 0.3 is 0 Å². The highest BCUT2D eigenvalue weighted by molar-refractivity contribution is 7.89. The van der Waals surface area contributed by atoms with Gasteiger partial charge in [0.2, 0.25) is 23.5 Å². The Morgan fingerprint density at radius 3 is 2.32 bits per heavy atom. The number of carbonyl (C=O) groups is 5. The molecule has 4 rings (SSSR count). The van der Waals surface area contributed by atoms with E-state index >= 15 is 0 Å². The van der Waals surface area contributed by atoms with Crippen LogP contribution in [0, 0.1) is 22.7 Å². The number of nitrogens with one attached hydrogen (secondary N) is 4. The molecular formula is C36H54N6O7S. The summed E-state index contributed by atoms with van der Waals surface area (Å²) in [6, 6.07) is 0.237. The number of likely N-dealkylation sites (tertiary alicyclic amines) is 1. The Morgan fingerprint density at radius 2 is 1.74 bits per heavy atom. The van der Waals surface area contributed by atoms with Gasteiger partial charge in [0.25, 0.3) is 15.9 Å². The van der Waals surface area contributed by atoms with Gasteiger partial charge < -0.3 is 20.9 Å². The first kappa shape index (κ1) is 39.1. The van der Waals surface area contributed by atoms with Crippen LogP contribution in [0.3, 0.4) is 0 Å². The normalized spacial score (nSPS) is 22.5. The fourth-order valence-corrected chi connectivity index (χ4v) is 8.38. The third-order valence-electron chi connectivity index (χ3n) is 10.3. The molecule has 1 aromatic rings. The quantitative estimate of drug-likeness (QED) is 0.158. The second-order valence-corrected chi connectivity index (χ2v) is 17.3. The van der Waals surface area contributed by atoms with Crippen LogP contribution in [-0.4, -0.2) is 85.0 Å². The number of ketones is 1. The summed E-state index contributed by atoms with van der Waals surface area (Å²) in [4.78, 5) is 73.7. The number of aromatic nitrogens is 1. The largest absolute Gasteiger partial charge is 0.346 e. The van der Waals surface area contributed by atoms with Crippen LogP contribution >= 0.6 is 0 Å². The number of pyridine rings is 1. The average molecular weight is 715 g/mol. The maximum absolute atomic E-state index is 14.4. The molecule has 2 aliphatic carbocycles. The fourth-order valence-electron chi connectivity index (χ4n) is 7.10. The van der Waals surface area contributed by atoms with Gasteiger partial charge in [-0.15, -0.1) is 6.58 Å². The summed E-state index contributed by atoms with van der Waals surface area (Å²) in [6.45, 7) is 13.0. The van der Waals surface area contributed by atoms with Gasteiger partial charge in [0.1, 0.15) is 18.1 Å². The second-order valence-electron chi connectivity index (χ2n) is 15.6. The number of nitrogens with zero attached hydrogens (tertiary/aromatic N) is 2. The summed E-state index contributed by atoms with van der Waals surface area (Å²) in [6.07, 6.45) is 9.34. The first-order valence-corrected chi connectivity index (χ1v) is 19.2. The molecule has 5 atom stereocenters. The maximum atomic E-state index is 14.4. The highest BCUT2D eigenvalue weighted by Crippen LogP contribution is 2.40. The number of amides is 4. The summed E-state index contributed by atoms with van der Waals surface area (Å²) in [5, 5.41) is 7.97. The van der Waals surface area contributed by atoms with Crippen molar-refractivity contribution in [2.75, 3.05) is 13.1 Å². The van der Waals surface area contributed by atoms with Crippen molar-refractivity contribution in [2.24, 2.45) is 22.7 Å². The zero-order valence-corrected chi connectivity index (χ0v) is 30.8. The van der Waals surface area contributed by atoms with Crippen LogP contribution < -0.4 is 20.7 Å². The minimum absolute atomic E-state index is 0.112. The van der Waals surface area contributed by atoms with E-state index in [0.29, 0.717) is 25.7 Å². The molecule has 4 amide bonds. The third-order valence-corrected chi connectivity index (χ3v) is 11.7. The Labute approximate surface area is 296 Å². The number of Topliss-reactive ketones (excluding diaryl/α,β-unsaturated/α-hetero) is 1. The Balaban J connectivity index is 1.58. The molecule has 3 fully saturated rings. The van der Waals surface area contributed by atoms with Crippen LogP contribution in [0.1, 0.15) is 92.4 Å². The minimum atomic E-state index is -4.19. The Kier molecular flexibility index (Phi) is 12.6. The summed E-state index contributed by atoms with van der Waals surface area (Å²) in [5.74, 6) is -3.23. The molecule has 1 saturated heterocycles. The summed E-state index contributed by atoms with van der Waals surface area (Å²) >= 11 is 0. The van der Waals surface area contributed by atoms with E-state index in [0.717, 1.165) is 32.1 Å². The number of carbonyl (C=O) groups excluding carboxylic acids is 5. The molecule has 1 aliphatic heterocycles. The summed E-state index contributed by atoms with van der Waals surface area (Å²) < 4.78 is 29.6. The standard InChI is InChI=1S/C36H54N6O7S/c1-7-19-38-32(45)28(43)25(22-24-14-15-24)39-31(44)27-23(2)16-21-42(27)34(47)30(35(3,4)5)40-33(46)29(36(6)17-10-8-11-18-36)41-50(48,49)26-13-9-12-20-37-26/h7,9,12-13,20,23-25,27,29-30,41H,1,8,10-11,14-19,21-22H2,2-6H3,(H,38,45)(H,39,44)(H,40,46)/t23-,25?,27-,29+,30+/m0/s1. The van der Waals surface area contributed by atoms with E-state index in [1.54, 1.807) is 32.9 Å². The highest BCUT2D eigenvalue weighted by atomic mass is 32.2. The van der Waals surface area contributed by atoms with Gasteiger partial charge in [-0.25, -0.2) is 13.4 Å². The number of sulfonamides is 1. The van der Waals surface area contributed by atoms with Gasteiger partial charge in [-0.2, -0.15) is 4.72 Å². The van der Waals surface area contributed by atoms with Crippen molar-refractivity contribution < 1.29 is 32.4 Å². The van der Waals surface area contributed by atoms with Crippen LogP contribution in [0.2, 0.25) is 0 Å². The predicted molar refractivity (Wildman–Crippen MR) is 188 cm³/mol. The summed E-state index contributed by atoms with van der Waals surface area (Å²) in [7, 11) is -4.19. The lowest BCUT2D eigenvalue weighted by Gasteiger charge is -2.42. The molecule has 2 heterocycles. The third kappa shape index (κ3) is 9.56. The minimum Gasteiger partial charge on any atom is -0.346 e. The van der Waals surface area contributed by atoms with Crippen molar-refractivity contribution in [1.29, 1.82) is 0 Å². The van der Waals surface area contributed by atoms with E-state index < -0.39 is 74.4 Å². The van der Waals surface area contributed by atoms with Crippen molar-refractivity contribution in [1.82, 2.24) is 30.6 Å². The molecule has 1 unspecified atom stereocenters. The van der Waals surface area contributed by atoms with Crippen molar-refractivity contribution >= 4 is 39.4 Å². The maximum Gasteiger partial charge on any atom is 0.289 e. The Bertz CT molecular complexity index is 1530. The van der Waals surface area contributed by atoms with Gasteiger partial charge in [0, 0.05) is 19.3 Å². The number of hydrogen-bond donors (Lipinski definition) is 4. The Hall–Kier alpha value is -3.65. The van der Waals surface area contributed by atoms with Crippen molar-refractivity contribution in [3.05, 3.63) is 37.1 Å². The monoisotopic (exact) mass is 714 g/mol. The van der Waals surface area contributed by atoms with Crippen molar-refractivity contribution in [3.8, 4) is 0 Å². The molecule has 0 spiro atoms. The summed E-state index contributed by atoms with van der Waals surface area (Å²) in [5.41, 5.74) is -1.55. The zero-order chi connectivity index (χ0) is 36.9. The molecule has 0 radical (unpaired) electrons. The van der Waals surface area contributed by atoms with Gasteiger partial charge in [0.15, 0.2) is 5.03 Å². The van der Waals surface area contributed by atoms with Gasteiger partial charge in [-0.3, -0.25) is 24.0 Å². The van der Waals surface area contributed by atoms with Crippen LogP contribution in [0.5, 0.6) is 0 Å². The lowest BCUT2D eigenvalue weighted by Crippen LogP contribution is -2.63. The van der Waals surface area contributed by atoms with E-state index in [-0.39, 0.29) is 30.0 Å². The van der Waals surface area contributed by atoms with Crippen LogP contribution in [0.15, 0.2) is 42.1 Å². The van der Waals surface area contributed by atoms with E-state index in [2.05, 4.69) is 32.2 Å². The van der Waals surface area contributed by atoms with Gasteiger partial charge in [-0.1, -0.05) is 78.9 Å². The smallest absolute Gasteiger partial charge is 0.289 e. The van der Waals surface area contributed by atoms with E-state index in [9.17, 15) is 32.4 Å². The molecule has 13 nitrogen and oxygen atoms in total. The lowest BCUT2D eigenvalue weighted by atomic mass is 9.70. The lowest BCUT2D eigenvalue weighted by molar-refractivity contribution is -0.146. The molecule has 0 bridgehead atoms. The number of hydrogen-bond acceptors (Lipinski definition) is 8. The molecule has 276 valence electrons. The average Bonchev–Trinajstić information content (AvgIpc) is 3.81. The molecule has 3 aliphatic rings. The van der Waals surface area contributed by atoms with E-state index in [4.69, 9.17) is 0 Å². The Morgan fingerprint density at radius 1 is 1.06 bits per heavy atom. The molecule has 2 saturated carbocycles. The van der Waals surface area contributed by atoms with Crippen molar-refractivity contribution in [2.45, 2.75) is 122 Å². The van der Waals surface area contributed by atoms with Crippen molar-refractivity contribution in [3.63, 3.8) is 0 Å². The zero-order valence-electron chi connectivity index (χ0n) is 30.0. The first-order chi connectivity index (χ1) is 23.5. The van der Waals surface area contributed by atoms with Crippen LogP contribution in [0.25, 0.3) is 0 Å². The molecular weight excluding hydrogens is 660 g/mol.